The fourth-order valence-electron chi connectivity index (χ4n) is 3.38. The van der Waals surface area contributed by atoms with Gasteiger partial charge in [0, 0.05) is 38.8 Å². The molecule has 2 heterocycles. The van der Waals surface area contributed by atoms with Crippen LogP contribution in [0, 0.1) is 0 Å². The van der Waals surface area contributed by atoms with Gasteiger partial charge >= 0.3 is 0 Å². The quantitative estimate of drug-likeness (QED) is 0.816. The van der Waals surface area contributed by atoms with Gasteiger partial charge in [0.2, 0.25) is 5.91 Å². The Morgan fingerprint density at radius 1 is 1.24 bits per heavy atom. The molecule has 21 heavy (non-hydrogen) atoms. The Morgan fingerprint density at radius 2 is 2.00 bits per heavy atom. The average molecular weight is 290 g/mol. The van der Waals surface area contributed by atoms with Crippen molar-refractivity contribution in [3.05, 3.63) is 18.0 Å². The van der Waals surface area contributed by atoms with E-state index in [0.29, 0.717) is 12.5 Å². The van der Waals surface area contributed by atoms with Crippen LogP contribution in [0.1, 0.15) is 56.7 Å². The molecule has 0 radical (unpaired) electrons. The van der Waals surface area contributed by atoms with Gasteiger partial charge < -0.3 is 10.2 Å². The fourth-order valence-corrected chi connectivity index (χ4v) is 3.38. The number of carbonyl (C=O) groups excluding carboxylic acids is 1. The van der Waals surface area contributed by atoms with Gasteiger partial charge in [-0.1, -0.05) is 12.8 Å². The van der Waals surface area contributed by atoms with E-state index in [1.165, 1.54) is 25.7 Å². The maximum atomic E-state index is 11.9. The number of carbonyl (C=O) groups is 1. The van der Waals surface area contributed by atoms with E-state index in [0.717, 1.165) is 44.7 Å². The standard InChI is InChI=1S/C16H26N4O/c21-16(19-10-3-4-11-19)7-9-17-13-14-8-12-20(18-14)15-5-1-2-6-15/h8,12,15,17H,1-7,9-11,13H2. The second-order valence-corrected chi connectivity index (χ2v) is 6.24. The summed E-state index contributed by atoms with van der Waals surface area (Å²) in [6, 6.07) is 2.70. The number of rotatable bonds is 6. The van der Waals surface area contributed by atoms with Crippen LogP contribution in [0.15, 0.2) is 12.3 Å². The molecule has 1 amide bonds. The van der Waals surface area contributed by atoms with E-state index in [1.54, 1.807) is 0 Å². The van der Waals surface area contributed by atoms with Gasteiger partial charge in [-0.25, -0.2) is 0 Å². The number of hydrogen-bond acceptors (Lipinski definition) is 3. The lowest BCUT2D eigenvalue weighted by Gasteiger charge is -2.15. The van der Waals surface area contributed by atoms with E-state index >= 15 is 0 Å². The van der Waals surface area contributed by atoms with Crippen LogP contribution in [0.25, 0.3) is 0 Å². The van der Waals surface area contributed by atoms with E-state index in [-0.39, 0.29) is 5.91 Å². The molecule has 1 aliphatic carbocycles. The third kappa shape index (κ3) is 3.84. The summed E-state index contributed by atoms with van der Waals surface area (Å²) in [5.41, 5.74) is 1.08. The molecule has 5 heteroatoms. The van der Waals surface area contributed by atoms with Crippen LogP contribution in [-0.4, -0.2) is 40.2 Å². The van der Waals surface area contributed by atoms with Crippen molar-refractivity contribution in [2.75, 3.05) is 19.6 Å². The number of amides is 1. The average Bonchev–Trinajstić information content (AvgIpc) is 3.25. The summed E-state index contributed by atoms with van der Waals surface area (Å²) in [6.45, 7) is 3.40. The minimum atomic E-state index is 0.288. The van der Waals surface area contributed by atoms with Gasteiger partial charge in [0.25, 0.3) is 0 Å². The van der Waals surface area contributed by atoms with Gasteiger partial charge in [-0.2, -0.15) is 5.10 Å². The van der Waals surface area contributed by atoms with Crippen LogP contribution >= 0.6 is 0 Å². The van der Waals surface area contributed by atoms with Gasteiger partial charge in [0.15, 0.2) is 0 Å². The van der Waals surface area contributed by atoms with E-state index in [1.807, 2.05) is 4.90 Å². The zero-order valence-electron chi connectivity index (χ0n) is 12.8. The minimum absolute atomic E-state index is 0.288. The zero-order valence-corrected chi connectivity index (χ0v) is 12.8. The molecule has 3 rings (SSSR count). The zero-order chi connectivity index (χ0) is 14.5. The van der Waals surface area contributed by atoms with Crippen molar-refractivity contribution in [2.24, 2.45) is 0 Å². The summed E-state index contributed by atoms with van der Waals surface area (Å²) in [6.07, 6.45) is 10.2. The smallest absolute Gasteiger partial charge is 0.223 e. The molecule has 0 unspecified atom stereocenters. The normalized spacial score (nSPS) is 19.5. The Bertz CT molecular complexity index is 459. The number of nitrogens with one attached hydrogen (secondary N) is 1. The first-order chi connectivity index (χ1) is 10.3. The van der Waals surface area contributed by atoms with Crippen molar-refractivity contribution in [3.63, 3.8) is 0 Å². The van der Waals surface area contributed by atoms with E-state index in [9.17, 15) is 4.79 Å². The largest absolute Gasteiger partial charge is 0.343 e. The lowest BCUT2D eigenvalue weighted by atomic mass is 10.3. The maximum absolute atomic E-state index is 11.9. The molecule has 1 N–H and O–H groups in total. The lowest BCUT2D eigenvalue weighted by molar-refractivity contribution is -0.130. The summed E-state index contributed by atoms with van der Waals surface area (Å²) >= 11 is 0. The van der Waals surface area contributed by atoms with Gasteiger partial charge in [-0.3, -0.25) is 9.48 Å². The van der Waals surface area contributed by atoms with Crippen LogP contribution < -0.4 is 5.32 Å². The fraction of sp³-hybridized carbons (Fsp3) is 0.750. The lowest BCUT2D eigenvalue weighted by Crippen LogP contribution is -2.30. The predicted molar refractivity (Wildman–Crippen MR) is 81.9 cm³/mol. The van der Waals surface area contributed by atoms with E-state index in [2.05, 4.69) is 27.4 Å². The second-order valence-electron chi connectivity index (χ2n) is 6.24. The summed E-state index contributed by atoms with van der Waals surface area (Å²) in [5.74, 6) is 0.288. The SMILES string of the molecule is O=C(CCNCc1ccn(C2CCCC2)n1)N1CCCC1. The van der Waals surface area contributed by atoms with Crippen molar-refractivity contribution in [1.82, 2.24) is 20.0 Å². The van der Waals surface area contributed by atoms with Crippen LogP contribution in [-0.2, 0) is 11.3 Å². The maximum Gasteiger partial charge on any atom is 0.223 e. The highest BCUT2D eigenvalue weighted by atomic mass is 16.2. The van der Waals surface area contributed by atoms with Crippen LogP contribution in [0.5, 0.6) is 0 Å². The monoisotopic (exact) mass is 290 g/mol. The second kappa shape index (κ2) is 7.07. The molecule has 5 nitrogen and oxygen atoms in total. The third-order valence-corrected chi connectivity index (χ3v) is 4.64. The molecule has 1 aromatic heterocycles. The van der Waals surface area contributed by atoms with Crippen LogP contribution in [0.3, 0.4) is 0 Å². The summed E-state index contributed by atoms with van der Waals surface area (Å²) in [7, 11) is 0. The van der Waals surface area contributed by atoms with Crippen LogP contribution in [0.4, 0.5) is 0 Å². The molecule has 1 aromatic rings. The Morgan fingerprint density at radius 3 is 2.76 bits per heavy atom. The Balaban J connectivity index is 1.36. The molecule has 2 aliphatic rings. The van der Waals surface area contributed by atoms with Crippen molar-refractivity contribution in [3.8, 4) is 0 Å². The molecule has 1 saturated carbocycles. The number of hydrogen-bond donors (Lipinski definition) is 1. The first-order valence-corrected chi connectivity index (χ1v) is 8.35. The van der Waals surface area contributed by atoms with Crippen molar-refractivity contribution >= 4 is 5.91 Å². The Labute approximate surface area is 126 Å². The minimum Gasteiger partial charge on any atom is -0.343 e. The molecule has 0 spiro atoms. The molecule has 1 aliphatic heterocycles. The summed E-state index contributed by atoms with van der Waals surface area (Å²) in [5, 5.41) is 7.98. The Kier molecular flexibility index (Phi) is 4.91. The molecule has 0 bridgehead atoms. The third-order valence-electron chi connectivity index (χ3n) is 4.64. The Hall–Kier alpha value is -1.36. The van der Waals surface area contributed by atoms with Crippen molar-refractivity contribution < 1.29 is 4.79 Å². The van der Waals surface area contributed by atoms with Gasteiger partial charge in [-0.15, -0.1) is 0 Å². The first-order valence-electron chi connectivity index (χ1n) is 8.35. The van der Waals surface area contributed by atoms with E-state index < -0.39 is 0 Å². The molecule has 0 atom stereocenters. The molecule has 2 fully saturated rings. The van der Waals surface area contributed by atoms with Crippen molar-refractivity contribution in [1.29, 1.82) is 0 Å². The molecule has 116 valence electrons. The predicted octanol–water partition coefficient (Wildman–Crippen LogP) is 2.10. The molecule has 1 saturated heterocycles. The summed E-state index contributed by atoms with van der Waals surface area (Å²) in [4.78, 5) is 13.9. The first kappa shape index (κ1) is 14.6. The highest BCUT2D eigenvalue weighted by molar-refractivity contribution is 5.76. The topological polar surface area (TPSA) is 50.2 Å². The molecular weight excluding hydrogens is 264 g/mol. The summed E-state index contributed by atoms with van der Waals surface area (Å²) < 4.78 is 2.12. The highest BCUT2D eigenvalue weighted by Crippen LogP contribution is 2.28. The van der Waals surface area contributed by atoms with Crippen molar-refractivity contribution in [2.45, 2.75) is 57.5 Å². The van der Waals surface area contributed by atoms with E-state index in [4.69, 9.17) is 0 Å². The molecular formula is C16H26N4O. The number of nitrogens with zero attached hydrogens (tertiary/aromatic N) is 3. The number of aromatic nitrogens is 2. The number of likely N-dealkylation sites (tertiary alicyclic amines) is 1. The van der Waals surface area contributed by atoms with Gasteiger partial charge in [0.1, 0.15) is 0 Å². The van der Waals surface area contributed by atoms with Gasteiger partial charge in [-0.05, 0) is 31.7 Å². The highest BCUT2D eigenvalue weighted by Gasteiger charge is 2.18. The van der Waals surface area contributed by atoms with Gasteiger partial charge in [0.05, 0.1) is 11.7 Å². The van der Waals surface area contributed by atoms with Crippen LogP contribution in [0.2, 0.25) is 0 Å². The molecule has 0 aromatic carbocycles.